The molecule has 0 aliphatic heterocycles. The summed E-state index contributed by atoms with van der Waals surface area (Å²) in [7, 11) is 0. The van der Waals surface area contributed by atoms with Crippen LogP contribution in [0.1, 0.15) is 23.6 Å². The van der Waals surface area contributed by atoms with E-state index in [1.807, 2.05) is 36.0 Å². The fraction of sp³-hybridized carbons (Fsp3) is 0.320. The molecule has 3 aromatic carbocycles. The van der Waals surface area contributed by atoms with Crippen molar-refractivity contribution >= 4 is 21.8 Å². The van der Waals surface area contributed by atoms with Gasteiger partial charge in [-0.2, -0.15) is 0 Å². The number of nitrogens with zero attached hydrogens (tertiary/aromatic N) is 2. The van der Waals surface area contributed by atoms with Crippen molar-refractivity contribution in [1.29, 1.82) is 0 Å². The minimum absolute atomic E-state index is 0.485. The zero-order chi connectivity index (χ0) is 21.1. The molecule has 0 spiro atoms. The van der Waals surface area contributed by atoms with Gasteiger partial charge in [-0.15, -0.1) is 0 Å². The van der Waals surface area contributed by atoms with Gasteiger partial charge in [0.05, 0.1) is 36.6 Å². The highest BCUT2D eigenvalue weighted by atomic mass is 16.5. The van der Waals surface area contributed by atoms with Crippen molar-refractivity contribution in [3.8, 4) is 5.75 Å². The second-order valence-electron chi connectivity index (χ2n) is 7.80. The summed E-state index contributed by atoms with van der Waals surface area (Å²) in [5.74, 6) is 0.893. The summed E-state index contributed by atoms with van der Waals surface area (Å²) in [4.78, 5) is 4.48. The molecule has 1 atom stereocenters. The van der Waals surface area contributed by atoms with E-state index in [9.17, 15) is 5.11 Å². The molecule has 0 saturated heterocycles. The molecule has 0 amide bonds. The molecule has 4 aromatic rings. The smallest absolute Gasteiger partial charge is 0.124 e. The van der Waals surface area contributed by atoms with E-state index in [1.54, 1.807) is 0 Å². The molecule has 0 bridgehead atoms. The molecule has 0 saturated carbocycles. The van der Waals surface area contributed by atoms with Crippen LogP contribution in [-0.4, -0.2) is 33.9 Å². The van der Waals surface area contributed by atoms with Gasteiger partial charge in [0.15, 0.2) is 0 Å². The van der Waals surface area contributed by atoms with E-state index in [1.165, 1.54) is 21.9 Å². The van der Waals surface area contributed by atoms with Crippen LogP contribution in [0.5, 0.6) is 5.75 Å². The SMILES string of the molecule is CCOc1ccc2ccccc2c1CNCC(O)Cn1cnc2cc(C)c(C)cc21. The molecule has 30 heavy (non-hydrogen) atoms. The number of imidazole rings is 1. The quantitative estimate of drug-likeness (QED) is 0.459. The Hall–Kier alpha value is -2.89. The van der Waals surface area contributed by atoms with E-state index in [0.717, 1.165) is 22.3 Å². The molecule has 0 aliphatic rings. The first-order chi connectivity index (χ1) is 14.6. The number of fused-ring (bicyclic) bond motifs is 2. The van der Waals surface area contributed by atoms with Crippen molar-refractivity contribution in [2.75, 3.05) is 13.2 Å². The average Bonchev–Trinajstić information content (AvgIpc) is 3.11. The summed E-state index contributed by atoms with van der Waals surface area (Å²) < 4.78 is 7.87. The Bertz CT molecular complexity index is 1170. The highest BCUT2D eigenvalue weighted by Crippen LogP contribution is 2.28. The topological polar surface area (TPSA) is 59.3 Å². The number of benzene rings is 3. The van der Waals surface area contributed by atoms with Gasteiger partial charge in [-0.3, -0.25) is 0 Å². The van der Waals surface area contributed by atoms with Gasteiger partial charge in [-0.1, -0.05) is 30.3 Å². The van der Waals surface area contributed by atoms with Gasteiger partial charge in [0.1, 0.15) is 5.75 Å². The summed E-state index contributed by atoms with van der Waals surface area (Å²) in [6.07, 6.45) is 1.29. The van der Waals surface area contributed by atoms with Crippen LogP contribution in [0.25, 0.3) is 21.8 Å². The Balaban J connectivity index is 1.45. The van der Waals surface area contributed by atoms with Crippen molar-refractivity contribution in [2.45, 2.75) is 40.0 Å². The maximum atomic E-state index is 10.6. The van der Waals surface area contributed by atoms with Crippen molar-refractivity contribution in [3.05, 3.63) is 71.5 Å². The van der Waals surface area contributed by atoms with E-state index in [-0.39, 0.29) is 0 Å². The van der Waals surface area contributed by atoms with E-state index < -0.39 is 6.10 Å². The fourth-order valence-corrected chi connectivity index (χ4v) is 3.90. The van der Waals surface area contributed by atoms with Gasteiger partial charge in [0.25, 0.3) is 0 Å². The first-order valence-corrected chi connectivity index (χ1v) is 10.5. The highest BCUT2D eigenvalue weighted by Gasteiger charge is 2.12. The third kappa shape index (κ3) is 4.18. The lowest BCUT2D eigenvalue weighted by atomic mass is 10.0. The van der Waals surface area contributed by atoms with Gasteiger partial charge in [0, 0.05) is 18.7 Å². The van der Waals surface area contributed by atoms with E-state index in [0.29, 0.717) is 26.2 Å². The predicted molar refractivity (Wildman–Crippen MR) is 122 cm³/mol. The third-order valence-corrected chi connectivity index (χ3v) is 5.62. The number of ether oxygens (including phenoxy) is 1. The standard InChI is InChI=1S/C25H29N3O2/c1-4-30-25-10-9-19-7-5-6-8-21(19)22(25)14-26-13-20(29)15-28-16-27-23-11-17(2)18(3)12-24(23)28/h5-12,16,20,26,29H,4,13-15H2,1-3H3. The van der Waals surface area contributed by atoms with Crippen LogP contribution in [0.3, 0.4) is 0 Å². The average molecular weight is 404 g/mol. The maximum absolute atomic E-state index is 10.6. The lowest BCUT2D eigenvalue weighted by Crippen LogP contribution is -2.30. The molecular formula is C25H29N3O2. The Kier molecular flexibility index (Phi) is 6.02. The molecule has 1 aromatic heterocycles. The second kappa shape index (κ2) is 8.86. The summed E-state index contributed by atoms with van der Waals surface area (Å²) in [6.45, 7) is 8.44. The van der Waals surface area contributed by atoms with Crippen LogP contribution >= 0.6 is 0 Å². The van der Waals surface area contributed by atoms with Gasteiger partial charge in [-0.05, 0) is 60.9 Å². The molecule has 1 heterocycles. The summed E-state index contributed by atoms with van der Waals surface area (Å²) >= 11 is 0. The van der Waals surface area contributed by atoms with Crippen LogP contribution in [0.15, 0.2) is 54.9 Å². The number of hydrogen-bond acceptors (Lipinski definition) is 4. The van der Waals surface area contributed by atoms with Crippen LogP contribution in [0.4, 0.5) is 0 Å². The monoisotopic (exact) mass is 403 g/mol. The van der Waals surface area contributed by atoms with Crippen molar-refractivity contribution in [2.24, 2.45) is 0 Å². The van der Waals surface area contributed by atoms with Crippen LogP contribution in [0, 0.1) is 13.8 Å². The number of aliphatic hydroxyl groups excluding tert-OH is 1. The number of hydrogen-bond donors (Lipinski definition) is 2. The molecule has 5 nitrogen and oxygen atoms in total. The normalized spacial score (nSPS) is 12.5. The Morgan fingerprint density at radius 3 is 2.73 bits per heavy atom. The molecular weight excluding hydrogens is 374 g/mol. The van der Waals surface area contributed by atoms with Gasteiger partial charge in [-0.25, -0.2) is 4.98 Å². The summed E-state index contributed by atoms with van der Waals surface area (Å²) in [5.41, 5.74) is 5.62. The van der Waals surface area contributed by atoms with Crippen LogP contribution in [0.2, 0.25) is 0 Å². The first-order valence-electron chi connectivity index (χ1n) is 10.5. The number of aliphatic hydroxyl groups is 1. The molecule has 156 valence electrons. The minimum Gasteiger partial charge on any atom is -0.494 e. The zero-order valence-electron chi connectivity index (χ0n) is 17.9. The highest BCUT2D eigenvalue weighted by molar-refractivity contribution is 5.87. The number of aromatic nitrogens is 2. The third-order valence-electron chi connectivity index (χ3n) is 5.62. The maximum Gasteiger partial charge on any atom is 0.124 e. The number of rotatable bonds is 8. The fourth-order valence-electron chi connectivity index (χ4n) is 3.90. The van der Waals surface area contributed by atoms with E-state index in [4.69, 9.17) is 4.74 Å². The molecule has 0 radical (unpaired) electrons. The van der Waals surface area contributed by atoms with E-state index >= 15 is 0 Å². The Labute approximate surface area is 177 Å². The predicted octanol–water partition coefficient (Wildman–Crippen LogP) is 4.36. The molecule has 5 heteroatoms. The molecule has 0 fully saturated rings. The molecule has 2 N–H and O–H groups in total. The Morgan fingerprint density at radius 2 is 1.90 bits per heavy atom. The molecule has 4 rings (SSSR count). The van der Waals surface area contributed by atoms with Crippen LogP contribution in [-0.2, 0) is 13.1 Å². The first kappa shape index (κ1) is 20.4. The summed E-state index contributed by atoms with van der Waals surface area (Å²) in [6, 6.07) is 16.7. The summed E-state index contributed by atoms with van der Waals surface area (Å²) in [5, 5.41) is 16.4. The molecule has 0 aliphatic carbocycles. The largest absolute Gasteiger partial charge is 0.494 e. The lowest BCUT2D eigenvalue weighted by molar-refractivity contribution is 0.152. The minimum atomic E-state index is -0.519. The zero-order valence-corrected chi connectivity index (χ0v) is 17.9. The van der Waals surface area contributed by atoms with Crippen molar-refractivity contribution in [1.82, 2.24) is 14.9 Å². The van der Waals surface area contributed by atoms with Crippen molar-refractivity contribution in [3.63, 3.8) is 0 Å². The van der Waals surface area contributed by atoms with Gasteiger partial charge in [0.2, 0.25) is 0 Å². The lowest BCUT2D eigenvalue weighted by Gasteiger charge is -2.17. The van der Waals surface area contributed by atoms with Gasteiger partial charge < -0.3 is 19.7 Å². The van der Waals surface area contributed by atoms with E-state index in [2.05, 4.69) is 54.5 Å². The number of aryl methyl sites for hydroxylation is 2. The second-order valence-corrected chi connectivity index (χ2v) is 7.80. The van der Waals surface area contributed by atoms with Crippen molar-refractivity contribution < 1.29 is 9.84 Å². The van der Waals surface area contributed by atoms with Gasteiger partial charge >= 0.3 is 0 Å². The Morgan fingerprint density at radius 1 is 1.10 bits per heavy atom. The molecule has 1 unspecified atom stereocenters. The number of nitrogens with one attached hydrogen (secondary N) is 1. The van der Waals surface area contributed by atoms with Crippen LogP contribution < -0.4 is 10.1 Å².